The van der Waals surface area contributed by atoms with Crippen LogP contribution in [0, 0.1) is 69.5 Å². The van der Waals surface area contributed by atoms with E-state index in [1.807, 2.05) is 18.6 Å². The van der Waals surface area contributed by atoms with Gasteiger partial charge in [-0.3, -0.25) is 4.79 Å². The second kappa shape index (κ2) is 12.0. The van der Waals surface area contributed by atoms with E-state index in [1.54, 1.807) is 22.3 Å². The SMILES string of the molecule is CC(C)(CCn1ccnc1)C1=C2CCCC[C@H]2C2=C3[C@H]1[C@@H](O)[C@H]1[C@H](CC[C@@H]4C[C@H]5C(=CC(=O)[C@@H]6C[C@@H](O)[C@@H](O)C[C@@]65C)[C@]5(O)CC[C@H]1[C@@]45C)[C@@H]3CCC2. The molecule has 6 saturated carbocycles. The minimum absolute atomic E-state index is 0.0153. The van der Waals surface area contributed by atoms with Gasteiger partial charge >= 0.3 is 0 Å². The van der Waals surface area contributed by atoms with Crippen LogP contribution >= 0.6 is 0 Å². The predicted octanol–water partition coefficient (Wildman–Crippen LogP) is 7.34. The first-order valence-corrected chi connectivity index (χ1v) is 21.7. The maximum absolute atomic E-state index is 14.0. The van der Waals surface area contributed by atoms with Crippen molar-refractivity contribution in [3.63, 3.8) is 0 Å². The lowest BCUT2D eigenvalue weighted by Crippen LogP contribution is -2.64. The monoisotopic (exact) mass is 724 g/mol. The van der Waals surface area contributed by atoms with Gasteiger partial charge in [-0.05, 0) is 148 Å². The Labute approximate surface area is 316 Å². The number of aliphatic hydroxyl groups excluding tert-OH is 3. The van der Waals surface area contributed by atoms with Gasteiger partial charge in [0.1, 0.15) is 0 Å². The number of fused-ring (bicyclic) bond motifs is 9. The van der Waals surface area contributed by atoms with Crippen molar-refractivity contribution in [2.75, 3.05) is 0 Å². The van der Waals surface area contributed by atoms with Crippen LogP contribution in [-0.4, -0.2) is 59.7 Å². The van der Waals surface area contributed by atoms with Gasteiger partial charge in [0.25, 0.3) is 0 Å². The van der Waals surface area contributed by atoms with Gasteiger partial charge in [-0.15, -0.1) is 0 Å². The number of rotatable bonds is 4. The first-order chi connectivity index (χ1) is 25.3. The van der Waals surface area contributed by atoms with Gasteiger partial charge in [-0.25, -0.2) is 4.98 Å². The molecule has 0 radical (unpaired) electrons. The minimum atomic E-state index is -1.11. The van der Waals surface area contributed by atoms with E-state index in [0.29, 0.717) is 37.0 Å². The number of imidazole rings is 1. The van der Waals surface area contributed by atoms with E-state index in [9.17, 15) is 25.2 Å². The maximum atomic E-state index is 14.0. The summed E-state index contributed by atoms with van der Waals surface area (Å²) in [5.41, 5.74) is 5.44. The molecule has 0 unspecified atom stereocenters. The molecule has 53 heavy (non-hydrogen) atoms. The van der Waals surface area contributed by atoms with Gasteiger partial charge in [0, 0.05) is 42.1 Å². The van der Waals surface area contributed by atoms with Gasteiger partial charge in [0.15, 0.2) is 5.78 Å². The molecule has 0 spiro atoms. The fourth-order valence-electron chi connectivity index (χ4n) is 16.2. The molecular weight excluding hydrogens is 661 g/mol. The van der Waals surface area contributed by atoms with Crippen molar-refractivity contribution in [1.82, 2.24) is 9.55 Å². The molecular formula is C46H64N2O5. The zero-order valence-electron chi connectivity index (χ0n) is 32.6. The average molecular weight is 725 g/mol. The number of hydrogen-bond acceptors (Lipinski definition) is 6. The van der Waals surface area contributed by atoms with Crippen LogP contribution in [-0.2, 0) is 11.3 Å². The van der Waals surface area contributed by atoms with Crippen LogP contribution in [0.1, 0.15) is 124 Å². The number of aromatic nitrogens is 2. The topological polar surface area (TPSA) is 116 Å². The van der Waals surface area contributed by atoms with E-state index < -0.39 is 34.7 Å². The number of nitrogens with zero attached hydrogens (tertiary/aromatic N) is 2. The van der Waals surface area contributed by atoms with Crippen LogP contribution in [0.3, 0.4) is 0 Å². The van der Waals surface area contributed by atoms with Gasteiger partial charge in [-0.1, -0.05) is 56.4 Å². The van der Waals surface area contributed by atoms with Crippen LogP contribution in [0.15, 0.2) is 52.7 Å². The smallest absolute Gasteiger partial charge is 0.159 e. The quantitative estimate of drug-likeness (QED) is 0.242. The standard InChI is InChI=1S/C46H64N2O5/c1-43(2,16-18-48-19-17-47-24-48)41-30-9-6-5-8-26(30)27-10-7-11-28-29-13-12-25-20-32-33(21-35(49)34-22-36(50)37(51)23-44(32,34)3)46(53)15-14-31(45(25,46)4)39(29)42(52)40(41)38(27)28/h17,19,21,24-26,28-29,31-32,34,36-37,39-40,42,50-53H,5-16,18,20,22-23H2,1-4H3/t25-,26+,28+,29-,31-,32+,34+,36-,37+,39+,40-,42+,44-,45-,46-/m1/s1. The highest BCUT2D eigenvalue weighted by atomic mass is 16.3. The Morgan fingerprint density at radius 1 is 0.943 bits per heavy atom. The van der Waals surface area contributed by atoms with Crippen molar-refractivity contribution in [2.24, 2.45) is 69.5 Å². The normalized spacial score (nSPS) is 48.8. The zero-order valence-corrected chi connectivity index (χ0v) is 32.6. The highest BCUT2D eigenvalue weighted by Gasteiger charge is 2.73. The molecule has 0 amide bonds. The highest BCUT2D eigenvalue weighted by molar-refractivity contribution is 5.95. The van der Waals surface area contributed by atoms with E-state index in [4.69, 9.17) is 0 Å². The van der Waals surface area contributed by atoms with Crippen molar-refractivity contribution in [3.8, 4) is 0 Å². The Morgan fingerprint density at radius 2 is 1.75 bits per heavy atom. The number of aliphatic hydroxyl groups is 4. The molecule has 4 N–H and O–H groups in total. The Balaban J connectivity index is 1.08. The van der Waals surface area contributed by atoms with Crippen molar-refractivity contribution < 1.29 is 25.2 Å². The van der Waals surface area contributed by atoms with Crippen molar-refractivity contribution >= 4 is 5.78 Å². The number of ketones is 1. The number of aryl methyl sites for hydroxylation is 1. The third-order valence-electron chi connectivity index (χ3n) is 18.6. The second-order valence-electron chi connectivity index (χ2n) is 20.8. The molecule has 9 aliphatic rings. The third-order valence-corrected chi connectivity index (χ3v) is 18.6. The maximum Gasteiger partial charge on any atom is 0.159 e. The molecule has 1 aromatic heterocycles. The largest absolute Gasteiger partial charge is 0.392 e. The summed E-state index contributed by atoms with van der Waals surface area (Å²) in [5.74, 6) is 1.82. The lowest BCUT2D eigenvalue weighted by Gasteiger charge is -2.63. The third kappa shape index (κ3) is 4.66. The second-order valence-corrected chi connectivity index (χ2v) is 20.8. The Bertz CT molecular complexity index is 1770. The number of allylic oxidation sites excluding steroid dienone is 3. The van der Waals surface area contributed by atoms with E-state index in [0.717, 1.165) is 50.6 Å². The summed E-state index contributed by atoms with van der Waals surface area (Å²) in [4.78, 5) is 18.3. The Kier molecular flexibility index (Phi) is 7.99. The molecule has 6 fully saturated rings. The number of carbonyl (C=O) groups excluding carboxylic acids is 1. The molecule has 0 aliphatic heterocycles. The van der Waals surface area contributed by atoms with Crippen molar-refractivity contribution in [3.05, 3.63) is 52.7 Å². The molecule has 0 aromatic carbocycles. The first kappa shape index (κ1) is 35.4. The summed E-state index contributed by atoms with van der Waals surface area (Å²) in [6, 6.07) is 0. The Morgan fingerprint density at radius 3 is 2.55 bits per heavy atom. The van der Waals surface area contributed by atoms with Crippen LogP contribution < -0.4 is 0 Å². The van der Waals surface area contributed by atoms with Gasteiger partial charge < -0.3 is 25.0 Å². The fourth-order valence-corrected chi connectivity index (χ4v) is 16.2. The highest BCUT2D eigenvalue weighted by Crippen LogP contribution is 2.74. The van der Waals surface area contributed by atoms with Crippen LogP contribution in [0.4, 0.5) is 0 Å². The lowest BCUT2D eigenvalue weighted by atomic mass is 9.42. The van der Waals surface area contributed by atoms with Crippen molar-refractivity contribution in [1.29, 1.82) is 0 Å². The lowest BCUT2D eigenvalue weighted by molar-refractivity contribution is -0.168. The van der Waals surface area contributed by atoms with Crippen LogP contribution in [0.2, 0.25) is 0 Å². The van der Waals surface area contributed by atoms with E-state index in [-0.39, 0.29) is 46.7 Å². The minimum Gasteiger partial charge on any atom is -0.392 e. The summed E-state index contributed by atoms with van der Waals surface area (Å²) in [5, 5.41) is 48.4. The van der Waals surface area contributed by atoms with Crippen molar-refractivity contribution in [2.45, 2.75) is 154 Å². The fraction of sp³-hybridized carbons (Fsp3) is 0.783. The summed E-state index contributed by atoms with van der Waals surface area (Å²) in [6.07, 6.45) is 20.4. The Hall–Kier alpha value is -2.06. The molecule has 1 aromatic rings. The van der Waals surface area contributed by atoms with Gasteiger partial charge in [0.2, 0.25) is 0 Å². The van der Waals surface area contributed by atoms with E-state index in [2.05, 4.69) is 43.4 Å². The van der Waals surface area contributed by atoms with Crippen LogP contribution in [0.5, 0.6) is 0 Å². The summed E-state index contributed by atoms with van der Waals surface area (Å²) < 4.78 is 2.21. The molecule has 0 bridgehead atoms. The van der Waals surface area contributed by atoms with Gasteiger partial charge in [-0.2, -0.15) is 0 Å². The zero-order chi connectivity index (χ0) is 36.8. The van der Waals surface area contributed by atoms with E-state index >= 15 is 0 Å². The number of hydrogen-bond donors (Lipinski definition) is 4. The summed E-state index contributed by atoms with van der Waals surface area (Å²) in [7, 11) is 0. The first-order valence-electron chi connectivity index (χ1n) is 21.7. The molecule has 15 atom stereocenters. The molecule has 10 rings (SSSR count). The molecule has 288 valence electrons. The molecule has 7 nitrogen and oxygen atoms in total. The van der Waals surface area contributed by atoms with Crippen LogP contribution in [0.25, 0.3) is 0 Å². The molecule has 1 heterocycles. The number of carbonyl (C=O) groups is 1. The van der Waals surface area contributed by atoms with E-state index in [1.165, 1.54) is 38.5 Å². The van der Waals surface area contributed by atoms with Gasteiger partial charge in [0.05, 0.1) is 30.2 Å². The molecule has 7 heteroatoms. The summed E-state index contributed by atoms with van der Waals surface area (Å²) in [6.45, 7) is 10.4. The average Bonchev–Trinajstić information content (AvgIpc) is 3.72. The molecule has 0 saturated heterocycles. The predicted molar refractivity (Wildman–Crippen MR) is 203 cm³/mol. The molecule has 9 aliphatic carbocycles. The summed E-state index contributed by atoms with van der Waals surface area (Å²) >= 11 is 0.